The molecule has 1 saturated heterocycles. The van der Waals surface area contributed by atoms with Gasteiger partial charge >= 0.3 is 6.61 Å². The van der Waals surface area contributed by atoms with E-state index in [4.69, 9.17) is 4.74 Å². The number of benzene rings is 2. The van der Waals surface area contributed by atoms with Crippen LogP contribution < -0.4 is 4.74 Å². The number of halogens is 2. The van der Waals surface area contributed by atoms with Gasteiger partial charge in [0.25, 0.3) is 0 Å². The second-order valence-electron chi connectivity index (χ2n) is 7.43. The van der Waals surface area contributed by atoms with Gasteiger partial charge in [0, 0.05) is 33.1 Å². The molecule has 0 atom stereocenters. The zero-order valence-corrected chi connectivity index (χ0v) is 18.6. The molecule has 0 saturated carbocycles. The number of nitrogens with zero attached hydrogens (tertiary/aromatic N) is 2. The quantitative estimate of drug-likeness (QED) is 0.566. The van der Waals surface area contributed by atoms with Crippen molar-refractivity contribution in [2.75, 3.05) is 33.4 Å². The maximum atomic E-state index is 12.7. The highest BCUT2D eigenvalue weighted by molar-refractivity contribution is 7.89. The maximum absolute atomic E-state index is 12.7. The van der Waals surface area contributed by atoms with Gasteiger partial charge < -0.3 is 14.4 Å². The third-order valence-electron chi connectivity index (χ3n) is 5.15. The van der Waals surface area contributed by atoms with E-state index in [1.54, 1.807) is 48.3 Å². The number of carbonyl (C=O) groups excluding carboxylic acids is 1. The summed E-state index contributed by atoms with van der Waals surface area (Å²) in [5.74, 6) is -0.0141. The molecule has 1 amide bonds. The Kier molecular flexibility index (Phi) is 8.16. The zero-order chi connectivity index (χ0) is 23.1. The van der Waals surface area contributed by atoms with Gasteiger partial charge in [-0.15, -0.1) is 0 Å². The first kappa shape index (κ1) is 24.1. The van der Waals surface area contributed by atoms with Gasteiger partial charge in [-0.2, -0.15) is 13.1 Å². The lowest BCUT2D eigenvalue weighted by atomic mass is 10.1. The van der Waals surface area contributed by atoms with Crippen molar-refractivity contribution < 1.29 is 31.5 Å². The number of aryl methyl sites for hydroxylation is 1. The number of carbonyl (C=O) groups is 1. The van der Waals surface area contributed by atoms with Crippen LogP contribution in [0.2, 0.25) is 0 Å². The van der Waals surface area contributed by atoms with Crippen LogP contribution in [0, 0.1) is 0 Å². The Labute approximate surface area is 186 Å². The zero-order valence-electron chi connectivity index (χ0n) is 17.7. The molecule has 2 aromatic carbocycles. The average Bonchev–Trinajstić information content (AvgIpc) is 2.79. The lowest BCUT2D eigenvalue weighted by molar-refractivity contribution is -0.130. The van der Waals surface area contributed by atoms with Gasteiger partial charge in [-0.25, -0.2) is 8.42 Å². The van der Waals surface area contributed by atoms with Crippen LogP contribution in [0.25, 0.3) is 0 Å². The van der Waals surface area contributed by atoms with Gasteiger partial charge in [0.1, 0.15) is 5.75 Å². The van der Waals surface area contributed by atoms with Crippen molar-refractivity contribution in [2.24, 2.45) is 0 Å². The van der Waals surface area contributed by atoms with E-state index in [1.807, 2.05) is 0 Å². The molecule has 7 nitrogen and oxygen atoms in total. The van der Waals surface area contributed by atoms with Crippen LogP contribution in [0.4, 0.5) is 8.78 Å². The van der Waals surface area contributed by atoms with E-state index in [9.17, 15) is 22.0 Å². The van der Waals surface area contributed by atoms with Gasteiger partial charge in [0.05, 0.1) is 18.1 Å². The number of sulfonamides is 1. The van der Waals surface area contributed by atoms with Crippen molar-refractivity contribution >= 4 is 15.9 Å². The predicted molar refractivity (Wildman–Crippen MR) is 114 cm³/mol. The van der Waals surface area contributed by atoms with Crippen molar-refractivity contribution in [3.63, 3.8) is 0 Å². The summed E-state index contributed by atoms with van der Waals surface area (Å²) >= 11 is 0. The van der Waals surface area contributed by atoms with E-state index < -0.39 is 16.6 Å². The second kappa shape index (κ2) is 10.8. The smallest absolute Gasteiger partial charge is 0.387 e. The number of rotatable bonds is 9. The van der Waals surface area contributed by atoms with Gasteiger partial charge in [0.2, 0.25) is 15.9 Å². The topological polar surface area (TPSA) is 76.2 Å². The van der Waals surface area contributed by atoms with Gasteiger partial charge in [-0.1, -0.05) is 24.3 Å². The summed E-state index contributed by atoms with van der Waals surface area (Å²) in [5, 5.41) is 0. The SMILES string of the molecule is CN(Cc1ccc(OC(F)F)cc1)C(=O)CCc1ccc(S(=O)(=O)N2CCOCC2)cc1. The van der Waals surface area contributed by atoms with Crippen molar-refractivity contribution in [1.82, 2.24) is 9.21 Å². The lowest BCUT2D eigenvalue weighted by Gasteiger charge is -2.26. The maximum Gasteiger partial charge on any atom is 0.387 e. The van der Waals surface area contributed by atoms with Crippen molar-refractivity contribution in [1.29, 1.82) is 0 Å². The third-order valence-corrected chi connectivity index (χ3v) is 7.07. The monoisotopic (exact) mass is 468 g/mol. The molecule has 3 rings (SSSR count). The van der Waals surface area contributed by atoms with E-state index >= 15 is 0 Å². The first-order valence-corrected chi connectivity index (χ1v) is 11.6. The van der Waals surface area contributed by atoms with E-state index in [2.05, 4.69) is 4.74 Å². The fourth-order valence-electron chi connectivity index (χ4n) is 3.34. The molecule has 1 heterocycles. The number of ether oxygens (including phenoxy) is 2. The normalized spacial score (nSPS) is 15.0. The molecule has 0 aromatic heterocycles. The summed E-state index contributed by atoms with van der Waals surface area (Å²) in [5.41, 5.74) is 1.65. The number of morpholine rings is 1. The summed E-state index contributed by atoms with van der Waals surface area (Å²) in [6.07, 6.45) is 0.737. The van der Waals surface area contributed by atoms with E-state index in [-0.39, 0.29) is 23.0 Å². The highest BCUT2D eigenvalue weighted by Crippen LogP contribution is 2.19. The second-order valence-corrected chi connectivity index (χ2v) is 9.37. The molecule has 0 aliphatic carbocycles. The molecule has 0 spiro atoms. The van der Waals surface area contributed by atoms with Crippen LogP contribution in [0.15, 0.2) is 53.4 Å². The van der Waals surface area contributed by atoms with Crippen LogP contribution in [0.1, 0.15) is 17.5 Å². The lowest BCUT2D eigenvalue weighted by Crippen LogP contribution is -2.40. The Morgan fingerprint density at radius 1 is 1.06 bits per heavy atom. The highest BCUT2D eigenvalue weighted by atomic mass is 32.2. The molecular weight excluding hydrogens is 442 g/mol. The molecule has 0 unspecified atom stereocenters. The molecule has 10 heteroatoms. The van der Waals surface area contributed by atoms with Crippen LogP contribution in [-0.4, -0.2) is 63.5 Å². The fraction of sp³-hybridized carbons (Fsp3) is 0.409. The number of hydrogen-bond donors (Lipinski definition) is 0. The Morgan fingerprint density at radius 3 is 2.25 bits per heavy atom. The Bertz CT molecular complexity index is 992. The summed E-state index contributed by atoms with van der Waals surface area (Å²) in [4.78, 5) is 14.2. The van der Waals surface area contributed by atoms with Crippen LogP contribution in [0.5, 0.6) is 5.75 Å². The molecule has 1 aliphatic heterocycles. The predicted octanol–water partition coefficient (Wildman–Crippen LogP) is 2.90. The molecule has 1 aliphatic rings. The highest BCUT2D eigenvalue weighted by Gasteiger charge is 2.26. The molecule has 2 aromatic rings. The van der Waals surface area contributed by atoms with E-state index in [1.165, 1.54) is 16.4 Å². The van der Waals surface area contributed by atoms with Gasteiger partial charge in [0.15, 0.2) is 0 Å². The Hall–Kier alpha value is -2.56. The molecular formula is C22H26F2N2O5S. The van der Waals surface area contributed by atoms with Crippen LogP contribution >= 0.6 is 0 Å². The number of hydrogen-bond acceptors (Lipinski definition) is 5. The average molecular weight is 469 g/mol. The standard InChI is InChI=1S/C22H26F2N2O5S/c1-25(16-18-2-7-19(8-3-18)31-22(23)24)21(27)11-6-17-4-9-20(10-5-17)32(28,29)26-12-14-30-15-13-26/h2-5,7-10,22H,6,11-16H2,1H3. The minimum atomic E-state index is -3.54. The van der Waals surface area contributed by atoms with Crippen molar-refractivity contribution in [3.05, 3.63) is 59.7 Å². The van der Waals surface area contributed by atoms with Crippen LogP contribution in [-0.2, 0) is 32.5 Å². The first-order chi connectivity index (χ1) is 15.3. The number of alkyl halides is 2. The number of amides is 1. The van der Waals surface area contributed by atoms with Crippen molar-refractivity contribution in [3.8, 4) is 5.75 Å². The third kappa shape index (κ3) is 6.47. The molecule has 1 fully saturated rings. The summed E-state index contributed by atoms with van der Waals surface area (Å²) < 4.78 is 60.7. The largest absolute Gasteiger partial charge is 0.435 e. The Morgan fingerprint density at radius 2 is 1.66 bits per heavy atom. The molecule has 0 N–H and O–H groups in total. The molecule has 174 valence electrons. The summed E-state index contributed by atoms with van der Waals surface area (Å²) in [7, 11) is -1.87. The summed E-state index contributed by atoms with van der Waals surface area (Å²) in [6.45, 7) is -1.08. The molecule has 0 radical (unpaired) electrons. The minimum Gasteiger partial charge on any atom is -0.435 e. The first-order valence-electron chi connectivity index (χ1n) is 10.2. The molecule has 0 bridgehead atoms. The molecule has 32 heavy (non-hydrogen) atoms. The van der Waals surface area contributed by atoms with E-state index in [0.717, 1.165) is 11.1 Å². The fourth-order valence-corrected chi connectivity index (χ4v) is 4.75. The van der Waals surface area contributed by atoms with Crippen molar-refractivity contribution in [2.45, 2.75) is 30.9 Å². The van der Waals surface area contributed by atoms with Gasteiger partial charge in [-0.3, -0.25) is 4.79 Å². The van der Waals surface area contributed by atoms with Gasteiger partial charge in [-0.05, 0) is 41.8 Å². The Balaban J connectivity index is 1.50. The van der Waals surface area contributed by atoms with Crippen LogP contribution in [0.3, 0.4) is 0 Å². The minimum absolute atomic E-state index is 0.0665. The summed E-state index contributed by atoms with van der Waals surface area (Å²) in [6, 6.07) is 12.7. The van der Waals surface area contributed by atoms with E-state index in [0.29, 0.717) is 39.3 Å².